The van der Waals surface area contributed by atoms with Crippen molar-refractivity contribution < 1.29 is 9.66 Å². The average molecular weight is 494 g/mol. The highest BCUT2D eigenvalue weighted by molar-refractivity contribution is 9.10. The molecule has 9 heteroatoms. The number of rotatable bonds is 8. The van der Waals surface area contributed by atoms with Crippen LogP contribution < -0.4 is 10.2 Å². The van der Waals surface area contributed by atoms with E-state index in [1.54, 1.807) is 18.3 Å². The van der Waals surface area contributed by atoms with Crippen molar-refractivity contribution in [2.45, 2.75) is 20.1 Å². The molecule has 8 nitrogen and oxygen atoms in total. The first kappa shape index (κ1) is 21.5. The molecule has 0 fully saturated rings. The first-order valence-corrected chi connectivity index (χ1v) is 10.7. The van der Waals surface area contributed by atoms with Crippen molar-refractivity contribution in [3.8, 4) is 5.75 Å². The zero-order valence-electron chi connectivity index (χ0n) is 17.2. The second kappa shape index (κ2) is 9.61. The first-order valence-electron chi connectivity index (χ1n) is 9.95. The summed E-state index contributed by atoms with van der Waals surface area (Å²) in [5, 5.41) is 15.1. The summed E-state index contributed by atoms with van der Waals surface area (Å²) < 4.78 is 8.67. The van der Waals surface area contributed by atoms with Gasteiger partial charge in [-0.15, -0.1) is 0 Å². The Morgan fingerprint density at radius 2 is 1.97 bits per heavy atom. The molecule has 4 rings (SSSR count). The van der Waals surface area contributed by atoms with E-state index in [4.69, 9.17) is 4.74 Å². The van der Waals surface area contributed by atoms with Crippen LogP contribution in [0.1, 0.15) is 18.1 Å². The van der Waals surface area contributed by atoms with Gasteiger partial charge in [0.1, 0.15) is 12.4 Å². The molecule has 0 bridgehead atoms. The lowest BCUT2D eigenvalue weighted by Crippen LogP contribution is -2.02. The number of aryl methyl sites for hydroxylation is 1. The molecule has 0 aliphatic heterocycles. The number of nitrogens with one attached hydrogen (secondary N) is 1. The van der Waals surface area contributed by atoms with E-state index in [1.807, 2.05) is 42.5 Å². The highest BCUT2D eigenvalue weighted by atomic mass is 79.9. The molecule has 0 aliphatic rings. The molecule has 1 N–H and O–H groups in total. The van der Waals surface area contributed by atoms with Crippen LogP contribution in [0.4, 0.5) is 11.6 Å². The zero-order chi connectivity index (χ0) is 22.5. The number of benzene rings is 3. The van der Waals surface area contributed by atoms with Crippen molar-refractivity contribution in [1.29, 1.82) is 0 Å². The van der Waals surface area contributed by atoms with Crippen LogP contribution in [-0.2, 0) is 13.2 Å². The van der Waals surface area contributed by atoms with E-state index in [1.165, 1.54) is 12.1 Å². The van der Waals surface area contributed by atoms with Gasteiger partial charge in [0, 0.05) is 18.7 Å². The Hall–Kier alpha value is -3.72. The maximum Gasteiger partial charge on any atom is 0.269 e. The summed E-state index contributed by atoms with van der Waals surface area (Å²) in [5.74, 6) is 1.35. The van der Waals surface area contributed by atoms with Crippen molar-refractivity contribution in [2.75, 3.05) is 5.43 Å². The molecule has 32 heavy (non-hydrogen) atoms. The van der Waals surface area contributed by atoms with Crippen LogP contribution in [0.15, 0.2) is 76.3 Å². The van der Waals surface area contributed by atoms with E-state index < -0.39 is 4.92 Å². The number of nitro groups is 1. The summed E-state index contributed by atoms with van der Waals surface area (Å²) in [4.78, 5) is 14.9. The van der Waals surface area contributed by atoms with Crippen molar-refractivity contribution in [3.05, 3.63) is 92.4 Å². The molecule has 0 saturated carbocycles. The molecule has 1 heterocycles. The van der Waals surface area contributed by atoms with Crippen LogP contribution >= 0.6 is 15.9 Å². The topological polar surface area (TPSA) is 94.6 Å². The summed E-state index contributed by atoms with van der Waals surface area (Å²) >= 11 is 3.52. The third-order valence-electron chi connectivity index (χ3n) is 4.85. The summed E-state index contributed by atoms with van der Waals surface area (Å²) in [6, 6.07) is 19.9. The van der Waals surface area contributed by atoms with Gasteiger partial charge in [-0.25, -0.2) is 10.4 Å². The minimum Gasteiger partial charge on any atom is -0.488 e. The van der Waals surface area contributed by atoms with Gasteiger partial charge in [0.25, 0.3) is 5.69 Å². The molecule has 162 valence electrons. The van der Waals surface area contributed by atoms with Gasteiger partial charge in [-0.05, 0) is 76.4 Å². The largest absolute Gasteiger partial charge is 0.488 e. The SMILES string of the molecule is CCn1c(N/N=C\c2ccc(OCc3ccc([N+](=O)[O-])cc3)c(Br)c2)nc2ccccc21. The van der Waals surface area contributed by atoms with Gasteiger partial charge in [-0.1, -0.05) is 12.1 Å². The zero-order valence-corrected chi connectivity index (χ0v) is 18.8. The number of hydrazone groups is 1. The molecule has 0 unspecified atom stereocenters. The fraction of sp³-hybridized carbons (Fsp3) is 0.130. The minimum atomic E-state index is -0.422. The summed E-state index contributed by atoms with van der Waals surface area (Å²) in [7, 11) is 0. The van der Waals surface area contributed by atoms with E-state index in [9.17, 15) is 10.1 Å². The van der Waals surface area contributed by atoms with Gasteiger partial charge in [0.05, 0.1) is 26.6 Å². The highest BCUT2D eigenvalue weighted by Gasteiger charge is 2.08. The summed E-state index contributed by atoms with van der Waals surface area (Å²) in [5.41, 5.74) is 6.78. The number of non-ortho nitro benzene ring substituents is 1. The van der Waals surface area contributed by atoms with Crippen LogP contribution in [0.5, 0.6) is 5.75 Å². The fourth-order valence-corrected chi connectivity index (χ4v) is 3.75. The quantitative estimate of drug-likeness (QED) is 0.191. The van der Waals surface area contributed by atoms with E-state index in [0.29, 0.717) is 18.3 Å². The Bertz CT molecular complexity index is 1280. The van der Waals surface area contributed by atoms with Crippen LogP contribution in [-0.4, -0.2) is 20.7 Å². The molecule has 4 aromatic rings. The van der Waals surface area contributed by atoms with Crippen LogP contribution in [0, 0.1) is 10.1 Å². The van der Waals surface area contributed by atoms with Crippen molar-refractivity contribution in [3.63, 3.8) is 0 Å². The third kappa shape index (κ3) is 4.78. The van der Waals surface area contributed by atoms with Crippen molar-refractivity contribution in [2.24, 2.45) is 5.10 Å². The number of halogens is 1. The van der Waals surface area contributed by atoms with Crippen LogP contribution in [0.2, 0.25) is 0 Å². The normalized spacial score (nSPS) is 11.2. The number of anilines is 1. The summed E-state index contributed by atoms with van der Waals surface area (Å²) in [6.07, 6.45) is 1.71. The standard InChI is InChI=1S/C23H20BrN5O3/c1-2-28-21-6-4-3-5-20(21)26-23(28)27-25-14-17-9-12-22(19(24)13-17)32-15-16-7-10-18(11-8-16)29(30)31/h3-14H,2,15H2,1H3,(H,26,27)/b25-14-. The van der Waals surface area contributed by atoms with E-state index >= 15 is 0 Å². The number of nitrogens with zero attached hydrogens (tertiary/aromatic N) is 4. The lowest BCUT2D eigenvalue weighted by molar-refractivity contribution is -0.384. The molecule has 0 spiro atoms. The third-order valence-corrected chi connectivity index (χ3v) is 5.47. The molecule has 1 aromatic heterocycles. The van der Waals surface area contributed by atoms with Gasteiger partial charge in [-0.3, -0.25) is 10.1 Å². The Kier molecular flexibility index (Phi) is 6.46. The predicted molar refractivity (Wildman–Crippen MR) is 128 cm³/mol. The van der Waals surface area contributed by atoms with Gasteiger partial charge in [0.2, 0.25) is 5.95 Å². The number of fused-ring (bicyclic) bond motifs is 1. The van der Waals surface area contributed by atoms with Crippen molar-refractivity contribution >= 4 is 44.8 Å². The smallest absolute Gasteiger partial charge is 0.269 e. The fourth-order valence-electron chi connectivity index (χ4n) is 3.23. The number of para-hydroxylation sites is 2. The Balaban J connectivity index is 1.40. The molecular formula is C23H20BrN5O3. The predicted octanol–water partition coefficient (Wildman–Crippen LogP) is 5.75. The number of ether oxygens (including phenoxy) is 1. The summed E-state index contributed by atoms with van der Waals surface area (Å²) in [6.45, 7) is 3.15. The number of aromatic nitrogens is 2. The van der Waals surface area contributed by atoms with Crippen LogP contribution in [0.3, 0.4) is 0 Å². The number of hydrogen-bond acceptors (Lipinski definition) is 6. The van der Waals surface area contributed by atoms with Crippen molar-refractivity contribution in [1.82, 2.24) is 9.55 Å². The highest BCUT2D eigenvalue weighted by Crippen LogP contribution is 2.27. The van der Waals surface area contributed by atoms with E-state index in [2.05, 4.69) is 42.9 Å². The molecule has 0 radical (unpaired) electrons. The average Bonchev–Trinajstić information content (AvgIpc) is 3.16. The number of nitro benzene ring substituents is 1. The van der Waals surface area contributed by atoms with Gasteiger partial charge >= 0.3 is 0 Å². The van der Waals surface area contributed by atoms with Gasteiger partial charge in [0.15, 0.2) is 0 Å². The monoisotopic (exact) mass is 493 g/mol. The first-order chi connectivity index (χ1) is 15.5. The lowest BCUT2D eigenvalue weighted by atomic mass is 10.2. The Morgan fingerprint density at radius 3 is 2.69 bits per heavy atom. The number of hydrogen-bond donors (Lipinski definition) is 1. The molecule has 0 aliphatic carbocycles. The van der Waals surface area contributed by atoms with Gasteiger partial charge < -0.3 is 9.30 Å². The maximum absolute atomic E-state index is 10.7. The Morgan fingerprint density at radius 1 is 1.19 bits per heavy atom. The number of imidazole rings is 1. The minimum absolute atomic E-state index is 0.0571. The van der Waals surface area contributed by atoms with Crippen LogP contribution in [0.25, 0.3) is 11.0 Å². The van der Waals surface area contributed by atoms with Gasteiger partial charge in [-0.2, -0.15) is 5.10 Å². The second-order valence-corrected chi connectivity index (χ2v) is 7.79. The lowest BCUT2D eigenvalue weighted by Gasteiger charge is -2.09. The molecule has 0 amide bonds. The molecule has 3 aromatic carbocycles. The molecule has 0 saturated heterocycles. The molecular weight excluding hydrogens is 474 g/mol. The maximum atomic E-state index is 10.7. The molecule has 0 atom stereocenters. The Labute approximate surface area is 192 Å². The van der Waals surface area contributed by atoms with E-state index in [-0.39, 0.29) is 5.69 Å². The second-order valence-electron chi connectivity index (χ2n) is 6.94. The van der Waals surface area contributed by atoms with E-state index in [0.717, 1.165) is 33.2 Å².